The molecule has 1 amide bonds. The fourth-order valence-corrected chi connectivity index (χ4v) is 0.376. The third-order valence-electron chi connectivity index (χ3n) is 0.882. The van der Waals surface area contributed by atoms with Gasteiger partial charge in [-0.2, -0.15) is 13.2 Å². The van der Waals surface area contributed by atoms with Crippen LogP contribution in [0.2, 0.25) is 0 Å². The Bertz CT molecular complexity index is 205. The minimum Gasteiger partial charge on any atom is -0.342 e. The molecule has 0 spiro atoms. The van der Waals surface area contributed by atoms with Gasteiger partial charge in [0.25, 0.3) is 12.1 Å². The topological polar surface area (TPSA) is 29.1 Å². The van der Waals surface area contributed by atoms with Crippen LogP contribution in [0.1, 0.15) is 0 Å². The van der Waals surface area contributed by atoms with Gasteiger partial charge in [0.2, 0.25) is 0 Å². The lowest BCUT2D eigenvalue weighted by Crippen LogP contribution is -2.41. The molecule has 2 nitrogen and oxygen atoms in total. The summed E-state index contributed by atoms with van der Waals surface area (Å²) < 4.78 is 46.3. The molecule has 0 aromatic carbocycles. The van der Waals surface area contributed by atoms with Crippen LogP contribution in [-0.2, 0) is 4.79 Å². The van der Waals surface area contributed by atoms with Crippen molar-refractivity contribution in [3.8, 4) is 12.3 Å². The van der Waals surface area contributed by atoms with Crippen molar-refractivity contribution in [1.29, 1.82) is 0 Å². The third-order valence-corrected chi connectivity index (χ3v) is 0.882. The highest BCUT2D eigenvalue weighted by Gasteiger charge is 2.45. The second-order valence-corrected chi connectivity index (χ2v) is 1.83. The first kappa shape index (κ1) is 10.8. The Kier molecular flexibility index (Phi) is 3.54. The van der Waals surface area contributed by atoms with Crippen LogP contribution in [0, 0.1) is 12.3 Å². The van der Waals surface area contributed by atoms with Crippen LogP contribution in [0.3, 0.4) is 0 Å². The summed E-state index contributed by atoms with van der Waals surface area (Å²) in [4.78, 5) is 10.2. The van der Waals surface area contributed by atoms with Crippen LogP contribution < -0.4 is 5.32 Å². The van der Waals surface area contributed by atoms with Gasteiger partial charge in [-0.05, 0) is 0 Å². The van der Waals surface area contributed by atoms with Crippen LogP contribution >= 0.6 is 0 Å². The van der Waals surface area contributed by atoms with Crippen molar-refractivity contribution in [3.05, 3.63) is 0 Å². The van der Waals surface area contributed by atoms with Crippen LogP contribution in [0.4, 0.5) is 17.6 Å². The minimum atomic E-state index is -5.17. The van der Waals surface area contributed by atoms with Crippen molar-refractivity contribution >= 4 is 5.91 Å². The van der Waals surface area contributed by atoms with Gasteiger partial charge in [0.05, 0.1) is 6.54 Å². The van der Waals surface area contributed by atoms with Gasteiger partial charge >= 0.3 is 6.18 Å². The van der Waals surface area contributed by atoms with E-state index in [9.17, 15) is 22.4 Å². The van der Waals surface area contributed by atoms with Crippen LogP contribution in [0.15, 0.2) is 0 Å². The molecular formula is C6H5F4NO. The van der Waals surface area contributed by atoms with E-state index in [-0.39, 0.29) is 0 Å². The number of rotatable bonds is 2. The molecular weight excluding hydrogens is 178 g/mol. The summed E-state index contributed by atoms with van der Waals surface area (Å²) in [6.45, 7) is -0.421. The Hall–Kier alpha value is -1.25. The van der Waals surface area contributed by atoms with Crippen LogP contribution in [0.25, 0.3) is 0 Å². The highest BCUT2D eigenvalue weighted by Crippen LogP contribution is 2.22. The monoisotopic (exact) mass is 183 g/mol. The average Bonchev–Trinajstić information content (AvgIpc) is 1.97. The standard InChI is InChI=1S/C6H5F4NO/c1-2-3-11-5(12)4(7)6(8,9)10/h1,4H,3H2,(H,11,12). The van der Waals surface area contributed by atoms with Gasteiger partial charge in [-0.1, -0.05) is 5.92 Å². The Balaban J connectivity index is 4.04. The molecule has 12 heavy (non-hydrogen) atoms. The maximum Gasteiger partial charge on any atom is 0.428 e. The molecule has 0 rings (SSSR count). The largest absolute Gasteiger partial charge is 0.428 e. The van der Waals surface area contributed by atoms with Gasteiger partial charge in [0.15, 0.2) is 0 Å². The predicted molar refractivity (Wildman–Crippen MR) is 32.8 cm³/mol. The number of amides is 1. The first-order valence-corrected chi connectivity index (χ1v) is 2.81. The number of alkyl halides is 4. The third kappa shape index (κ3) is 3.23. The lowest BCUT2D eigenvalue weighted by molar-refractivity contribution is -0.186. The fraction of sp³-hybridized carbons (Fsp3) is 0.500. The van der Waals surface area contributed by atoms with Gasteiger partial charge < -0.3 is 5.32 Å². The van der Waals surface area contributed by atoms with Crippen molar-refractivity contribution in [1.82, 2.24) is 5.32 Å². The predicted octanol–water partition coefficient (Wildman–Crippen LogP) is 0.636. The van der Waals surface area contributed by atoms with Crippen molar-refractivity contribution in [2.75, 3.05) is 6.54 Å². The molecule has 0 aliphatic carbocycles. The number of terminal acetylenes is 1. The van der Waals surface area contributed by atoms with Gasteiger partial charge in [-0.25, -0.2) is 4.39 Å². The molecule has 0 bridgehead atoms. The highest BCUT2D eigenvalue weighted by atomic mass is 19.4. The van der Waals surface area contributed by atoms with Gasteiger partial charge in [0, 0.05) is 0 Å². The average molecular weight is 183 g/mol. The smallest absolute Gasteiger partial charge is 0.342 e. The zero-order valence-electron chi connectivity index (χ0n) is 5.78. The van der Waals surface area contributed by atoms with E-state index in [1.165, 1.54) is 0 Å². The van der Waals surface area contributed by atoms with E-state index in [1.54, 1.807) is 5.32 Å². The molecule has 1 N–H and O–H groups in total. The number of halogens is 4. The van der Waals surface area contributed by atoms with E-state index >= 15 is 0 Å². The molecule has 0 saturated heterocycles. The maximum atomic E-state index is 12.0. The summed E-state index contributed by atoms with van der Waals surface area (Å²) in [6.07, 6.45) is -4.06. The van der Waals surface area contributed by atoms with Crippen molar-refractivity contribution < 1.29 is 22.4 Å². The first-order chi connectivity index (χ1) is 5.39. The van der Waals surface area contributed by atoms with E-state index in [0.717, 1.165) is 0 Å². The Morgan fingerprint density at radius 2 is 2.08 bits per heavy atom. The summed E-state index contributed by atoms with van der Waals surface area (Å²) in [6, 6.07) is 0. The van der Waals surface area contributed by atoms with Crippen LogP contribution in [0.5, 0.6) is 0 Å². The zero-order chi connectivity index (χ0) is 9.78. The summed E-state index contributed by atoms with van der Waals surface area (Å²) in [5.41, 5.74) is 0. The molecule has 68 valence electrons. The second kappa shape index (κ2) is 3.95. The summed E-state index contributed by atoms with van der Waals surface area (Å²) in [5, 5.41) is 1.57. The van der Waals surface area contributed by atoms with Crippen molar-refractivity contribution in [3.63, 3.8) is 0 Å². The lowest BCUT2D eigenvalue weighted by Gasteiger charge is -2.10. The summed E-state index contributed by atoms with van der Waals surface area (Å²) in [7, 11) is 0. The molecule has 1 unspecified atom stereocenters. The Morgan fingerprint density at radius 3 is 2.42 bits per heavy atom. The summed E-state index contributed by atoms with van der Waals surface area (Å²) >= 11 is 0. The fourth-order valence-electron chi connectivity index (χ4n) is 0.376. The second-order valence-electron chi connectivity index (χ2n) is 1.83. The summed E-state index contributed by atoms with van der Waals surface area (Å²) in [5.74, 6) is 0.0755. The van der Waals surface area contributed by atoms with Gasteiger partial charge in [-0.3, -0.25) is 4.79 Å². The number of carbonyl (C=O) groups is 1. The maximum absolute atomic E-state index is 12.0. The first-order valence-electron chi connectivity index (χ1n) is 2.81. The normalized spacial score (nSPS) is 13.2. The molecule has 6 heteroatoms. The minimum absolute atomic E-state index is 0.421. The molecule has 0 aliphatic heterocycles. The van der Waals surface area contributed by atoms with E-state index in [1.807, 2.05) is 5.92 Å². The van der Waals surface area contributed by atoms with E-state index in [4.69, 9.17) is 0 Å². The highest BCUT2D eigenvalue weighted by molar-refractivity contribution is 5.81. The SMILES string of the molecule is C#CCNC(=O)C(F)C(F)(F)F. The van der Waals surface area contributed by atoms with Crippen molar-refractivity contribution in [2.45, 2.75) is 12.3 Å². The Morgan fingerprint density at radius 1 is 1.58 bits per heavy atom. The molecule has 0 radical (unpaired) electrons. The van der Waals surface area contributed by atoms with Gasteiger partial charge in [0.1, 0.15) is 0 Å². The quantitative estimate of drug-likeness (QED) is 0.494. The van der Waals surface area contributed by atoms with Gasteiger partial charge in [-0.15, -0.1) is 6.42 Å². The van der Waals surface area contributed by atoms with E-state index in [0.29, 0.717) is 0 Å². The molecule has 0 heterocycles. The number of hydrogen-bond acceptors (Lipinski definition) is 1. The van der Waals surface area contributed by atoms with E-state index < -0.39 is 24.8 Å². The zero-order valence-corrected chi connectivity index (χ0v) is 5.78. The molecule has 0 aromatic heterocycles. The molecule has 1 atom stereocenters. The number of hydrogen-bond donors (Lipinski definition) is 1. The number of nitrogens with one attached hydrogen (secondary N) is 1. The van der Waals surface area contributed by atoms with E-state index in [2.05, 4.69) is 6.42 Å². The molecule has 0 aromatic rings. The number of carbonyl (C=O) groups excluding carboxylic acids is 1. The molecule has 0 fully saturated rings. The molecule has 0 aliphatic rings. The molecule has 0 saturated carbocycles. The van der Waals surface area contributed by atoms with Crippen LogP contribution in [-0.4, -0.2) is 24.8 Å². The lowest BCUT2D eigenvalue weighted by atomic mass is 10.3. The van der Waals surface area contributed by atoms with Crippen molar-refractivity contribution in [2.24, 2.45) is 0 Å². The Labute approximate surface area is 65.9 Å².